The number of benzene rings is 1. The van der Waals surface area contributed by atoms with E-state index in [0.29, 0.717) is 18.7 Å². The minimum absolute atomic E-state index is 0. The maximum absolute atomic E-state index is 13.5. The maximum Gasteiger partial charge on any atom is 0.191 e. The Morgan fingerprint density at radius 1 is 1.17 bits per heavy atom. The van der Waals surface area contributed by atoms with Crippen molar-refractivity contribution in [3.63, 3.8) is 0 Å². The third-order valence-electron chi connectivity index (χ3n) is 5.10. The Bertz CT molecular complexity index is 836. The maximum atomic E-state index is 13.5. The number of piperazine rings is 1. The number of nitrogens with zero attached hydrogens (tertiary/aromatic N) is 4. The fourth-order valence-electron chi connectivity index (χ4n) is 3.37. The number of aromatic nitrogens is 1. The molecule has 30 heavy (non-hydrogen) atoms. The van der Waals surface area contributed by atoms with Crippen LogP contribution in [0, 0.1) is 12.7 Å². The average molecular weight is 526 g/mol. The van der Waals surface area contributed by atoms with Gasteiger partial charge < -0.3 is 20.4 Å². The molecule has 0 saturated carbocycles. The number of hydrogen-bond donors (Lipinski definition) is 2. The summed E-state index contributed by atoms with van der Waals surface area (Å²) in [4.78, 5) is 14.0. The lowest BCUT2D eigenvalue weighted by molar-refractivity contribution is 0.312. The van der Waals surface area contributed by atoms with Crippen molar-refractivity contribution < 1.29 is 4.39 Å². The molecule has 6 nitrogen and oxygen atoms in total. The fraction of sp³-hybridized carbons (Fsp3) is 0.455. The third kappa shape index (κ3) is 6.80. The van der Waals surface area contributed by atoms with Gasteiger partial charge in [-0.05, 0) is 44.2 Å². The molecular weight excluding hydrogens is 494 g/mol. The second-order valence-corrected chi connectivity index (χ2v) is 7.41. The molecule has 0 radical (unpaired) electrons. The van der Waals surface area contributed by atoms with Gasteiger partial charge in [-0.25, -0.2) is 14.4 Å². The van der Waals surface area contributed by atoms with E-state index in [1.165, 1.54) is 6.07 Å². The molecule has 0 atom stereocenters. The summed E-state index contributed by atoms with van der Waals surface area (Å²) in [5.74, 6) is 1.59. The van der Waals surface area contributed by atoms with Crippen molar-refractivity contribution >= 4 is 35.8 Å². The van der Waals surface area contributed by atoms with E-state index in [0.717, 1.165) is 55.6 Å². The number of aryl methyl sites for hydroxylation is 1. The zero-order valence-electron chi connectivity index (χ0n) is 18.0. The Morgan fingerprint density at radius 3 is 2.63 bits per heavy atom. The van der Waals surface area contributed by atoms with Crippen molar-refractivity contribution in [3.8, 4) is 0 Å². The molecule has 1 aliphatic rings. The molecule has 1 saturated heterocycles. The summed E-state index contributed by atoms with van der Waals surface area (Å²) < 4.78 is 13.5. The van der Waals surface area contributed by atoms with Crippen LogP contribution in [0.4, 0.5) is 10.2 Å². The van der Waals surface area contributed by atoms with E-state index in [4.69, 9.17) is 0 Å². The first-order valence-corrected chi connectivity index (χ1v) is 10.2. The topological polar surface area (TPSA) is 55.8 Å². The van der Waals surface area contributed by atoms with Gasteiger partial charge in [-0.2, -0.15) is 0 Å². The lowest BCUT2D eigenvalue weighted by Gasteiger charge is -2.34. The highest BCUT2D eigenvalue weighted by molar-refractivity contribution is 14.0. The monoisotopic (exact) mass is 526 g/mol. The number of nitrogens with one attached hydrogen (secondary N) is 2. The Morgan fingerprint density at radius 2 is 1.93 bits per heavy atom. The first-order chi connectivity index (χ1) is 14.1. The van der Waals surface area contributed by atoms with Crippen LogP contribution in [0.3, 0.4) is 0 Å². The highest BCUT2D eigenvalue weighted by Gasteiger charge is 2.18. The minimum atomic E-state index is -0.184. The summed E-state index contributed by atoms with van der Waals surface area (Å²) in [6.07, 6.45) is 1.85. The summed E-state index contributed by atoms with van der Waals surface area (Å²) in [7, 11) is 2.15. The lowest BCUT2D eigenvalue weighted by atomic mass is 10.1. The van der Waals surface area contributed by atoms with Crippen molar-refractivity contribution in [1.29, 1.82) is 0 Å². The molecule has 2 heterocycles. The number of likely N-dealkylation sites (N-methyl/N-ethyl adjacent to an activating group) is 1. The molecule has 3 rings (SSSR count). The second kappa shape index (κ2) is 12.0. The van der Waals surface area contributed by atoms with E-state index >= 15 is 0 Å². The number of aliphatic imine (C=N–C) groups is 1. The van der Waals surface area contributed by atoms with Crippen molar-refractivity contribution in [3.05, 3.63) is 59.0 Å². The quantitative estimate of drug-likeness (QED) is 0.344. The highest BCUT2D eigenvalue weighted by Crippen LogP contribution is 2.18. The normalized spacial score (nSPS) is 14.9. The van der Waals surface area contributed by atoms with E-state index in [9.17, 15) is 4.39 Å². The SMILES string of the molecule is CCNC(=NCc1ccc(F)c(C)c1)NCc1cccnc1N1CCN(C)CC1.I. The van der Waals surface area contributed by atoms with Crippen LogP contribution in [0.2, 0.25) is 0 Å². The van der Waals surface area contributed by atoms with E-state index < -0.39 is 0 Å². The van der Waals surface area contributed by atoms with Crippen molar-refractivity contribution in [2.75, 3.05) is 44.7 Å². The molecule has 1 aliphatic heterocycles. The van der Waals surface area contributed by atoms with Gasteiger partial charge in [0.05, 0.1) is 6.54 Å². The van der Waals surface area contributed by atoms with Gasteiger partial charge >= 0.3 is 0 Å². The van der Waals surface area contributed by atoms with Crippen LogP contribution in [0.25, 0.3) is 0 Å². The van der Waals surface area contributed by atoms with Crippen LogP contribution in [0.1, 0.15) is 23.6 Å². The van der Waals surface area contributed by atoms with Gasteiger partial charge in [0.15, 0.2) is 5.96 Å². The Kier molecular flexibility index (Phi) is 9.77. The summed E-state index contributed by atoms with van der Waals surface area (Å²) in [5, 5.41) is 6.69. The molecule has 8 heteroatoms. The van der Waals surface area contributed by atoms with E-state index in [-0.39, 0.29) is 29.8 Å². The van der Waals surface area contributed by atoms with Crippen LogP contribution in [0.5, 0.6) is 0 Å². The van der Waals surface area contributed by atoms with Crippen LogP contribution >= 0.6 is 24.0 Å². The molecule has 2 aromatic rings. The smallest absolute Gasteiger partial charge is 0.191 e. The van der Waals surface area contributed by atoms with Gasteiger partial charge in [-0.15, -0.1) is 24.0 Å². The van der Waals surface area contributed by atoms with Gasteiger partial charge in [0.25, 0.3) is 0 Å². The summed E-state index contributed by atoms with van der Waals surface area (Å²) >= 11 is 0. The highest BCUT2D eigenvalue weighted by atomic mass is 127. The first-order valence-electron chi connectivity index (χ1n) is 10.2. The molecule has 1 aromatic carbocycles. The predicted molar refractivity (Wildman–Crippen MR) is 132 cm³/mol. The van der Waals surface area contributed by atoms with Crippen LogP contribution in [-0.2, 0) is 13.1 Å². The van der Waals surface area contributed by atoms with Crippen LogP contribution < -0.4 is 15.5 Å². The second-order valence-electron chi connectivity index (χ2n) is 7.41. The van der Waals surface area contributed by atoms with Crippen molar-refractivity contribution in [1.82, 2.24) is 20.5 Å². The summed E-state index contributed by atoms with van der Waals surface area (Å²) in [6.45, 7) is 9.78. The standard InChI is InChI=1S/C22H31FN6.HI/c1-4-24-22(26-15-18-7-8-20(23)17(2)14-18)27-16-19-6-5-9-25-21(19)29-12-10-28(3)11-13-29;/h5-9,14H,4,10-13,15-16H2,1-3H3,(H2,24,26,27);1H. The van der Waals surface area contributed by atoms with Gasteiger partial charge in [0.1, 0.15) is 11.6 Å². The average Bonchev–Trinajstić information content (AvgIpc) is 2.73. The van der Waals surface area contributed by atoms with Gasteiger partial charge in [-0.3, -0.25) is 0 Å². The first kappa shape index (κ1) is 24.3. The van der Waals surface area contributed by atoms with Gasteiger partial charge in [-0.1, -0.05) is 18.2 Å². The Hall–Kier alpha value is -1.94. The fourth-order valence-corrected chi connectivity index (χ4v) is 3.37. The molecule has 2 N–H and O–H groups in total. The predicted octanol–water partition coefficient (Wildman–Crippen LogP) is 3.15. The molecule has 1 aromatic heterocycles. The number of halogens is 2. The van der Waals surface area contributed by atoms with E-state index in [2.05, 4.69) is 43.5 Å². The number of rotatable bonds is 6. The molecule has 1 fully saturated rings. The van der Waals surface area contributed by atoms with Gasteiger partial charge in [0, 0.05) is 51.0 Å². The number of guanidine groups is 1. The zero-order valence-corrected chi connectivity index (χ0v) is 20.3. The summed E-state index contributed by atoms with van der Waals surface area (Å²) in [6, 6.07) is 9.21. The molecule has 164 valence electrons. The van der Waals surface area contributed by atoms with E-state index in [1.807, 2.05) is 25.3 Å². The number of hydrogen-bond acceptors (Lipinski definition) is 4. The minimum Gasteiger partial charge on any atom is -0.357 e. The molecule has 0 aliphatic carbocycles. The summed E-state index contributed by atoms with van der Waals surface area (Å²) in [5.41, 5.74) is 2.78. The zero-order chi connectivity index (χ0) is 20.6. The number of pyridine rings is 1. The van der Waals surface area contributed by atoms with Gasteiger partial charge in [0.2, 0.25) is 0 Å². The van der Waals surface area contributed by atoms with Crippen molar-refractivity contribution in [2.45, 2.75) is 26.9 Å². The molecule has 0 amide bonds. The molecule has 0 unspecified atom stereocenters. The van der Waals surface area contributed by atoms with Crippen LogP contribution in [0.15, 0.2) is 41.5 Å². The number of anilines is 1. The molecule has 0 spiro atoms. The van der Waals surface area contributed by atoms with Crippen molar-refractivity contribution in [2.24, 2.45) is 4.99 Å². The largest absolute Gasteiger partial charge is 0.357 e. The Labute approximate surface area is 196 Å². The third-order valence-corrected chi connectivity index (χ3v) is 5.10. The van der Waals surface area contributed by atoms with Crippen LogP contribution in [-0.4, -0.2) is 55.6 Å². The molecule has 0 bridgehead atoms. The molecular formula is C22H32FIN6. The van der Waals surface area contributed by atoms with E-state index in [1.54, 1.807) is 13.0 Å². The Balaban J connectivity index is 0.00000320. The lowest BCUT2D eigenvalue weighted by Crippen LogP contribution is -2.45.